The fourth-order valence-electron chi connectivity index (χ4n) is 1.41. The molecule has 1 amide bonds. The van der Waals surface area contributed by atoms with Gasteiger partial charge >= 0.3 is 0 Å². The van der Waals surface area contributed by atoms with E-state index in [0.29, 0.717) is 23.5 Å². The standard InChI is InChI=1S/C12H8ClN3OS/c13-11-3-8(4-14)1-2-10(11)12-16-6-9(18-12)5-15-7-17/h1-3,6-7H,5H2,(H,15,17). The molecule has 6 heteroatoms. The molecule has 0 fully saturated rings. The molecule has 0 aliphatic rings. The lowest BCUT2D eigenvalue weighted by Gasteiger charge is -2.00. The normalized spacial score (nSPS) is 9.78. The van der Waals surface area contributed by atoms with Crippen LogP contribution in [0, 0.1) is 11.3 Å². The van der Waals surface area contributed by atoms with Crippen molar-refractivity contribution in [3.63, 3.8) is 0 Å². The molecule has 2 aromatic rings. The molecule has 90 valence electrons. The fourth-order valence-corrected chi connectivity index (χ4v) is 2.64. The molecule has 0 aliphatic heterocycles. The molecule has 0 saturated heterocycles. The molecule has 0 atom stereocenters. The van der Waals surface area contributed by atoms with Gasteiger partial charge in [0.05, 0.1) is 23.2 Å². The minimum Gasteiger partial charge on any atom is -0.354 e. The highest BCUT2D eigenvalue weighted by atomic mass is 35.5. The first kappa shape index (κ1) is 12.6. The number of thiazole rings is 1. The molecule has 1 heterocycles. The van der Waals surface area contributed by atoms with Gasteiger partial charge in [-0.2, -0.15) is 5.26 Å². The molecular formula is C12H8ClN3OS. The minimum atomic E-state index is 0.453. The van der Waals surface area contributed by atoms with Crippen LogP contribution in [0.1, 0.15) is 10.4 Å². The third-order valence-electron chi connectivity index (χ3n) is 2.24. The van der Waals surface area contributed by atoms with E-state index in [4.69, 9.17) is 16.9 Å². The van der Waals surface area contributed by atoms with Crippen LogP contribution in [0.5, 0.6) is 0 Å². The summed E-state index contributed by atoms with van der Waals surface area (Å²) >= 11 is 7.55. The van der Waals surface area contributed by atoms with E-state index in [1.54, 1.807) is 24.4 Å². The SMILES string of the molecule is N#Cc1ccc(-c2ncc(CNC=O)s2)c(Cl)c1. The molecule has 0 unspecified atom stereocenters. The van der Waals surface area contributed by atoms with Crippen LogP contribution in [0.2, 0.25) is 5.02 Å². The number of nitriles is 1. The zero-order chi connectivity index (χ0) is 13.0. The number of nitrogens with zero attached hydrogens (tertiary/aromatic N) is 2. The van der Waals surface area contributed by atoms with Gasteiger partial charge in [-0.1, -0.05) is 11.6 Å². The minimum absolute atomic E-state index is 0.453. The van der Waals surface area contributed by atoms with Gasteiger partial charge in [-0.15, -0.1) is 11.3 Å². The summed E-state index contributed by atoms with van der Waals surface area (Å²) in [6.07, 6.45) is 2.35. The van der Waals surface area contributed by atoms with Crippen LogP contribution in [0.3, 0.4) is 0 Å². The summed E-state index contributed by atoms with van der Waals surface area (Å²) in [6, 6.07) is 7.12. The Morgan fingerprint density at radius 3 is 3.06 bits per heavy atom. The summed E-state index contributed by atoms with van der Waals surface area (Å²) in [5.74, 6) is 0. The third-order valence-corrected chi connectivity index (χ3v) is 3.59. The monoisotopic (exact) mass is 277 g/mol. The largest absolute Gasteiger partial charge is 0.354 e. The molecule has 4 nitrogen and oxygen atoms in total. The molecule has 0 spiro atoms. The number of carbonyl (C=O) groups is 1. The van der Waals surface area contributed by atoms with Crippen LogP contribution in [-0.4, -0.2) is 11.4 Å². The highest BCUT2D eigenvalue weighted by Gasteiger charge is 2.09. The summed E-state index contributed by atoms with van der Waals surface area (Å²) in [4.78, 5) is 15.4. The lowest BCUT2D eigenvalue weighted by molar-refractivity contribution is -0.109. The highest BCUT2D eigenvalue weighted by molar-refractivity contribution is 7.15. The van der Waals surface area contributed by atoms with Gasteiger partial charge in [0, 0.05) is 16.6 Å². The molecule has 2 rings (SSSR count). The summed E-state index contributed by atoms with van der Waals surface area (Å²) in [5, 5.41) is 12.6. The van der Waals surface area contributed by atoms with Gasteiger partial charge in [0.25, 0.3) is 0 Å². The number of amides is 1. The van der Waals surface area contributed by atoms with Crippen molar-refractivity contribution in [2.24, 2.45) is 0 Å². The average molecular weight is 278 g/mol. The van der Waals surface area contributed by atoms with Crippen LogP contribution in [0.4, 0.5) is 0 Å². The van der Waals surface area contributed by atoms with Crippen molar-refractivity contribution in [3.05, 3.63) is 39.9 Å². The van der Waals surface area contributed by atoms with Gasteiger partial charge in [0.15, 0.2) is 0 Å². The van der Waals surface area contributed by atoms with E-state index < -0.39 is 0 Å². The highest BCUT2D eigenvalue weighted by Crippen LogP contribution is 2.31. The predicted octanol–water partition coefficient (Wildman–Crippen LogP) is 2.58. The van der Waals surface area contributed by atoms with Crippen molar-refractivity contribution in [1.82, 2.24) is 10.3 Å². The number of nitrogens with one attached hydrogen (secondary N) is 1. The van der Waals surface area contributed by atoms with Crippen molar-refractivity contribution in [2.75, 3.05) is 0 Å². The maximum Gasteiger partial charge on any atom is 0.207 e. The number of rotatable bonds is 4. The van der Waals surface area contributed by atoms with Gasteiger partial charge in [0.2, 0.25) is 6.41 Å². The first-order chi connectivity index (χ1) is 8.74. The van der Waals surface area contributed by atoms with Crippen molar-refractivity contribution in [1.29, 1.82) is 5.26 Å². The van der Waals surface area contributed by atoms with Crippen molar-refractivity contribution < 1.29 is 4.79 Å². The van der Waals surface area contributed by atoms with E-state index in [1.807, 2.05) is 6.07 Å². The maximum absolute atomic E-state index is 10.2. The first-order valence-electron chi connectivity index (χ1n) is 5.06. The smallest absolute Gasteiger partial charge is 0.207 e. The molecular weight excluding hydrogens is 270 g/mol. The van der Waals surface area contributed by atoms with Crippen molar-refractivity contribution >= 4 is 29.3 Å². The molecule has 1 N–H and O–H groups in total. The number of halogens is 1. The van der Waals surface area contributed by atoms with Crippen LogP contribution < -0.4 is 5.32 Å². The second kappa shape index (κ2) is 5.63. The summed E-state index contributed by atoms with van der Waals surface area (Å²) in [6.45, 7) is 0.453. The van der Waals surface area contributed by atoms with E-state index in [1.165, 1.54) is 11.3 Å². The quantitative estimate of drug-likeness (QED) is 0.874. The Morgan fingerprint density at radius 2 is 2.39 bits per heavy atom. The first-order valence-corrected chi connectivity index (χ1v) is 6.26. The number of hydrogen-bond donors (Lipinski definition) is 1. The molecule has 0 radical (unpaired) electrons. The third kappa shape index (κ3) is 2.67. The van der Waals surface area contributed by atoms with E-state index in [-0.39, 0.29) is 0 Å². The number of benzene rings is 1. The Kier molecular flexibility index (Phi) is 3.92. The predicted molar refractivity (Wildman–Crippen MR) is 70.2 cm³/mol. The molecule has 0 saturated carbocycles. The summed E-state index contributed by atoms with van der Waals surface area (Å²) in [7, 11) is 0. The van der Waals surface area contributed by atoms with Gasteiger partial charge < -0.3 is 5.32 Å². The Morgan fingerprint density at radius 1 is 1.56 bits per heavy atom. The zero-order valence-corrected chi connectivity index (χ0v) is 10.8. The average Bonchev–Trinajstić information content (AvgIpc) is 2.84. The molecule has 0 aliphatic carbocycles. The van der Waals surface area contributed by atoms with Crippen LogP contribution >= 0.6 is 22.9 Å². The molecule has 18 heavy (non-hydrogen) atoms. The van der Waals surface area contributed by atoms with Gasteiger partial charge in [-0.25, -0.2) is 4.98 Å². The second-order valence-electron chi connectivity index (χ2n) is 3.44. The van der Waals surface area contributed by atoms with Crippen LogP contribution in [-0.2, 0) is 11.3 Å². The Labute approximate surface area is 113 Å². The van der Waals surface area contributed by atoms with E-state index >= 15 is 0 Å². The van der Waals surface area contributed by atoms with Crippen LogP contribution in [0.15, 0.2) is 24.4 Å². The number of carbonyl (C=O) groups excluding carboxylic acids is 1. The molecule has 0 bridgehead atoms. The summed E-state index contributed by atoms with van der Waals surface area (Å²) < 4.78 is 0. The number of hydrogen-bond acceptors (Lipinski definition) is 4. The van der Waals surface area contributed by atoms with Crippen molar-refractivity contribution in [3.8, 4) is 16.6 Å². The van der Waals surface area contributed by atoms with E-state index in [2.05, 4.69) is 10.3 Å². The Hall–Kier alpha value is -1.90. The molecule has 1 aromatic carbocycles. The lowest BCUT2D eigenvalue weighted by Crippen LogP contribution is -2.07. The van der Waals surface area contributed by atoms with Gasteiger partial charge in [0.1, 0.15) is 5.01 Å². The van der Waals surface area contributed by atoms with E-state index in [9.17, 15) is 4.79 Å². The zero-order valence-electron chi connectivity index (χ0n) is 9.18. The Bertz CT molecular complexity index is 618. The van der Waals surface area contributed by atoms with Crippen LogP contribution in [0.25, 0.3) is 10.6 Å². The second-order valence-corrected chi connectivity index (χ2v) is 4.96. The maximum atomic E-state index is 10.2. The lowest BCUT2D eigenvalue weighted by atomic mass is 10.1. The van der Waals surface area contributed by atoms with Gasteiger partial charge in [-0.05, 0) is 18.2 Å². The summed E-state index contributed by atoms with van der Waals surface area (Å²) in [5.41, 5.74) is 1.31. The topological polar surface area (TPSA) is 65.8 Å². The van der Waals surface area contributed by atoms with E-state index in [0.717, 1.165) is 15.4 Å². The fraction of sp³-hybridized carbons (Fsp3) is 0.0833. The van der Waals surface area contributed by atoms with Gasteiger partial charge in [-0.3, -0.25) is 4.79 Å². The molecule has 1 aromatic heterocycles. The Balaban J connectivity index is 2.29. The number of aromatic nitrogens is 1. The van der Waals surface area contributed by atoms with Crippen molar-refractivity contribution in [2.45, 2.75) is 6.54 Å².